The lowest BCUT2D eigenvalue weighted by molar-refractivity contribution is 0.361. The molecule has 0 radical (unpaired) electrons. The first-order valence-electron chi connectivity index (χ1n) is 6.90. The van der Waals surface area contributed by atoms with Crippen molar-refractivity contribution in [3.63, 3.8) is 0 Å². The van der Waals surface area contributed by atoms with Gasteiger partial charge in [0.1, 0.15) is 0 Å². The van der Waals surface area contributed by atoms with Gasteiger partial charge in [-0.15, -0.1) is 0 Å². The van der Waals surface area contributed by atoms with Crippen molar-refractivity contribution >= 4 is 0 Å². The van der Waals surface area contributed by atoms with E-state index in [0.717, 1.165) is 4.57 Å². The average molecular weight is 291 g/mol. The smallest absolute Gasteiger partial charge is 0.307 e. The highest BCUT2D eigenvalue weighted by molar-refractivity contribution is 5.02. The summed E-state index contributed by atoms with van der Waals surface area (Å²) < 4.78 is 4.46. The molecule has 0 saturated heterocycles. The minimum Gasteiger partial charge on any atom is -0.307 e. The standard InChI is InChI=1S/C14H21N5O2/c1-10(11(2)19-7-5-6-16-19)15-9-12-8-13(20)18(4)14(21)17(12)3/h5-8,10-11,15H,9H2,1-4H3/t10-,11-/m1/s1. The van der Waals surface area contributed by atoms with E-state index in [1.165, 1.54) is 17.7 Å². The second-order valence-electron chi connectivity index (χ2n) is 5.27. The maximum absolute atomic E-state index is 11.9. The predicted molar refractivity (Wildman–Crippen MR) is 80.2 cm³/mol. The van der Waals surface area contributed by atoms with E-state index in [9.17, 15) is 9.59 Å². The van der Waals surface area contributed by atoms with Gasteiger partial charge in [0.25, 0.3) is 5.56 Å². The second-order valence-corrected chi connectivity index (χ2v) is 5.27. The molecule has 2 aromatic rings. The van der Waals surface area contributed by atoms with Gasteiger partial charge in [0.2, 0.25) is 0 Å². The van der Waals surface area contributed by atoms with E-state index in [1.807, 2.05) is 23.9 Å². The second kappa shape index (κ2) is 6.09. The lowest BCUT2D eigenvalue weighted by Crippen LogP contribution is -2.40. The largest absolute Gasteiger partial charge is 0.330 e. The molecule has 2 heterocycles. The molecule has 0 fully saturated rings. The molecule has 0 spiro atoms. The fourth-order valence-corrected chi connectivity index (χ4v) is 2.13. The summed E-state index contributed by atoms with van der Waals surface area (Å²) in [6.45, 7) is 4.56. The Balaban J connectivity index is 2.10. The monoisotopic (exact) mass is 291 g/mol. The van der Waals surface area contributed by atoms with Gasteiger partial charge < -0.3 is 5.32 Å². The third-order valence-electron chi connectivity index (χ3n) is 3.90. The highest BCUT2D eigenvalue weighted by Crippen LogP contribution is 2.09. The third-order valence-corrected chi connectivity index (χ3v) is 3.90. The Bertz CT molecular complexity index is 714. The van der Waals surface area contributed by atoms with Gasteiger partial charge in [-0.05, 0) is 19.9 Å². The summed E-state index contributed by atoms with van der Waals surface area (Å²) in [5.74, 6) is 0. The maximum Gasteiger partial charge on any atom is 0.330 e. The average Bonchev–Trinajstić information content (AvgIpc) is 3.00. The molecule has 7 heteroatoms. The molecule has 0 saturated carbocycles. The number of rotatable bonds is 5. The molecule has 0 bridgehead atoms. The van der Waals surface area contributed by atoms with Crippen molar-refractivity contribution in [1.82, 2.24) is 24.2 Å². The quantitative estimate of drug-likeness (QED) is 0.843. The fraction of sp³-hybridized carbons (Fsp3) is 0.500. The lowest BCUT2D eigenvalue weighted by Gasteiger charge is -2.22. The van der Waals surface area contributed by atoms with Gasteiger partial charge in [-0.2, -0.15) is 5.10 Å². The van der Waals surface area contributed by atoms with E-state index in [-0.39, 0.29) is 23.3 Å². The molecule has 0 aliphatic rings. The summed E-state index contributed by atoms with van der Waals surface area (Å²) in [7, 11) is 3.14. The molecule has 0 aromatic carbocycles. The molecule has 7 nitrogen and oxygen atoms in total. The molecule has 0 aliphatic heterocycles. The van der Waals surface area contributed by atoms with Crippen LogP contribution in [0.25, 0.3) is 0 Å². The molecule has 0 aliphatic carbocycles. The van der Waals surface area contributed by atoms with Gasteiger partial charge >= 0.3 is 5.69 Å². The van der Waals surface area contributed by atoms with Gasteiger partial charge in [0.05, 0.1) is 6.04 Å². The highest BCUT2D eigenvalue weighted by Gasteiger charge is 2.14. The van der Waals surface area contributed by atoms with Crippen molar-refractivity contribution in [2.24, 2.45) is 14.1 Å². The number of nitrogens with zero attached hydrogens (tertiary/aromatic N) is 4. The van der Waals surface area contributed by atoms with Gasteiger partial charge in [-0.25, -0.2) is 4.79 Å². The zero-order valence-electron chi connectivity index (χ0n) is 12.8. The number of aromatic nitrogens is 4. The summed E-state index contributed by atoms with van der Waals surface area (Å²) in [6, 6.07) is 3.68. The molecule has 0 unspecified atom stereocenters. The molecular formula is C14H21N5O2. The van der Waals surface area contributed by atoms with E-state index in [4.69, 9.17) is 0 Å². The zero-order chi connectivity index (χ0) is 15.6. The van der Waals surface area contributed by atoms with Crippen LogP contribution in [0.4, 0.5) is 0 Å². The van der Waals surface area contributed by atoms with Gasteiger partial charge in [-0.3, -0.25) is 18.6 Å². The lowest BCUT2D eigenvalue weighted by atomic mass is 10.1. The van der Waals surface area contributed by atoms with Crippen molar-refractivity contribution in [3.05, 3.63) is 51.1 Å². The van der Waals surface area contributed by atoms with Crippen LogP contribution in [0.5, 0.6) is 0 Å². The van der Waals surface area contributed by atoms with Gasteiger partial charge in [-0.1, -0.05) is 0 Å². The molecular weight excluding hydrogens is 270 g/mol. The van der Waals surface area contributed by atoms with Crippen molar-refractivity contribution < 1.29 is 0 Å². The topological polar surface area (TPSA) is 73.8 Å². The first-order chi connectivity index (χ1) is 9.91. The zero-order valence-corrected chi connectivity index (χ0v) is 12.8. The van der Waals surface area contributed by atoms with Crippen molar-refractivity contribution in [2.45, 2.75) is 32.5 Å². The minimum atomic E-state index is -0.313. The van der Waals surface area contributed by atoms with Crippen LogP contribution < -0.4 is 16.6 Å². The van der Waals surface area contributed by atoms with Gasteiger partial charge in [0.15, 0.2) is 0 Å². The Labute approximate surface area is 122 Å². The van der Waals surface area contributed by atoms with Crippen LogP contribution in [0.1, 0.15) is 25.6 Å². The minimum absolute atomic E-state index is 0.143. The maximum atomic E-state index is 11.9. The van der Waals surface area contributed by atoms with Crippen LogP contribution in [0.15, 0.2) is 34.1 Å². The Morgan fingerprint density at radius 2 is 1.95 bits per heavy atom. The summed E-state index contributed by atoms with van der Waals surface area (Å²) in [4.78, 5) is 23.5. The van der Waals surface area contributed by atoms with Crippen LogP contribution in [0.3, 0.4) is 0 Å². The number of hydrogen-bond donors (Lipinski definition) is 1. The van der Waals surface area contributed by atoms with Crippen LogP contribution in [-0.2, 0) is 20.6 Å². The normalized spacial score (nSPS) is 14.1. The summed E-state index contributed by atoms with van der Waals surface area (Å²) >= 11 is 0. The van der Waals surface area contributed by atoms with Crippen molar-refractivity contribution in [2.75, 3.05) is 0 Å². The molecule has 2 atom stereocenters. The number of nitrogens with one attached hydrogen (secondary N) is 1. The first-order valence-corrected chi connectivity index (χ1v) is 6.90. The Morgan fingerprint density at radius 3 is 2.57 bits per heavy atom. The van der Waals surface area contributed by atoms with Gasteiger partial charge in [0, 0.05) is 50.8 Å². The highest BCUT2D eigenvalue weighted by atomic mass is 16.2. The SMILES string of the molecule is C[C@H]([C@@H](C)NCc1cc(=O)n(C)c(=O)n1C)n1cccn1. The Kier molecular flexibility index (Phi) is 4.42. The predicted octanol–water partition coefficient (Wildman–Crippen LogP) is 0.0198. The Hall–Kier alpha value is -2.15. The van der Waals surface area contributed by atoms with Crippen molar-refractivity contribution in [1.29, 1.82) is 0 Å². The molecule has 21 heavy (non-hydrogen) atoms. The molecule has 0 amide bonds. The third kappa shape index (κ3) is 3.13. The molecule has 114 valence electrons. The van der Waals surface area contributed by atoms with E-state index >= 15 is 0 Å². The summed E-state index contributed by atoms with van der Waals surface area (Å²) in [5.41, 5.74) is 0.0670. The van der Waals surface area contributed by atoms with E-state index in [1.54, 1.807) is 13.2 Å². The fourth-order valence-electron chi connectivity index (χ4n) is 2.13. The molecule has 2 rings (SSSR count). The number of hydrogen-bond acceptors (Lipinski definition) is 4. The van der Waals surface area contributed by atoms with Crippen LogP contribution in [0.2, 0.25) is 0 Å². The van der Waals surface area contributed by atoms with Crippen LogP contribution >= 0.6 is 0 Å². The molecule has 2 aromatic heterocycles. The summed E-state index contributed by atoms with van der Waals surface area (Å²) in [5, 5.41) is 7.55. The Morgan fingerprint density at radius 1 is 1.24 bits per heavy atom. The molecule has 1 N–H and O–H groups in total. The van der Waals surface area contributed by atoms with E-state index in [0.29, 0.717) is 12.2 Å². The van der Waals surface area contributed by atoms with E-state index < -0.39 is 0 Å². The van der Waals surface area contributed by atoms with Crippen molar-refractivity contribution in [3.8, 4) is 0 Å². The van der Waals surface area contributed by atoms with E-state index in [2.05, 4.69) is 17.3 Å². The van der Waals surface area contributed by atoms with Crippen LogP contribution in [0, 0.1) is 0 Å². The first kappa shape index (κ1) is 15.2. The van der Waals surface area contributed by atoms with Crippen LogP contribution in [-0.4, -0.2) is 25.0 Å². The summed E-state index contributed by atoms with van der Waals surface area (Å²) in [6.07, 6.45) is 3.66.